The van der Waals surface area contributed by atoms with Crippen LogP contribution in [0.5, 0.6) is 0 Å². The third-order valence-corrected chi connectivity index (χ3v) is 1.39. The van der Waals surface area contributed by atoms with Crippen molar-refractivity contribution in [2.45, 2.75) is 11.9 Å². The van der Waals surface area contributed by atoms with Crippen LogP contribution in [0.1, 0.15) is 6.42 Å². The van der Waals surface area contributed by atoms with Gasteiger partial charge in [-0.2, -0.15) is 0 Å². The summed E-state index contributed by atoms with van der Waals surface area (Å²) in [6.45, 7) is 0.700. The van der Waals surface area contributed by atoms with Gasteiger partial charge in [0.15, 0.2) is 0 Å². The predicted molar refractivity (Wildman–Crippen MR) is 24.2 cm³/mol. The van der Waals surface area contributed by atoms with E-state index in [4.69, 9.17) is 9.29 Å². The molecule has 6 heavy (non-hydrogen) atoms. The first-order chi connectivity index (χ1) is 2.89. The Morgan fingerprint density at radius 3 is 2.83 bits per heavy atom. The predicted octanol–water partition coefficient (Wildman–Crippen LogP) is 0.373. The summed E-state index contributed by atoms with van der Waals surface area (Å²) in [5.41, 5.74) is -0.259. The molecule has 0 aromatic heterocycles. The summed E-state index contributed by atoms with van der Waals surface area (Å²) in [4.78, 5) is 0. The van der Waals surface area contributed by atoms with E-state index in [0.717, 1.165) is 18.5 Å². The van der Waals surface area contributed by atoms with Crippen LogP contribution in [0.15, 0.2) is 0 Å². The second-order valence-corrected chi connectivity index (χ2v) is 2.13. The molecule has 0 amide bonds. The molecule has 1 rings (SSSR count). The zero-order chi connectivity index (χ0) is 4.41. The number of rotatable bonds is 0. The molecule has 0 aromatic rings. The highest BCUT2D eigenvalue weighted by Crippen LogP contribution is 2.20. The van der Waals surface area contributed by atoms with Gasteiger partial charge in [-0.15, -0.1) is 0 Å². The van der Waals surface area contributed by atoms with Crippen molar-refractivity contribution in [3.05, 3.63) is 0 Å². The van der Waals surface area contributed by atoms with E-state index >= 15 is 0 Å². The minimum absolute atomic E-state index is 0.259. The fourth-order valence-electron chi connectivity index (χ4n) is 0.324. The second kappa shape index (κ2) is 1.82. The van der Waals surface area contributed by atoms with Crippen molar-refractivity contribution in [1.29, 1.82) is 0 Å². The van der Waals surface area contributed by atoms with Gasteiger partial charge < -0.3 is 9.29 Å². The lowest BCUT2D eigenvalue weighted by Gasteiger charge is -1.87. The molecule has 2 nitrogen and oxygen atoms in total. The van der Waals surface area contributed by atoms with Gasteiger partial charge in [-0.3, -0.25) is 0 Å². The van der Waals surface area contributed by atoms with E-state index in [0.29, 0.717) is 6.61 Å². The molecule has 1 aliphatic rings. The molecule has 1 saturated heterocycles. The normalized spacial score (nSPS) is 34.5. The van der Waals surface area contributed by atoms with Crippen molar-refractivity contribution in [1.82, 2.24) is 0 Å². The van der Waals surface area contributed by atoms with Crippen LogP contribution < -0.4 is 0 Å². The molecule has 0 bridgehead atoms. The zero-order valence-electron chi connectivity index (χ0n) is 3.26. The Labute approximate surface area is 40.7 Å². The van der Waals surface area contributed by atoms with Gasteiger partial charge in [0, 0.05) is 18.5 Å². The van der Waals surface area contributed by atoms with Crippen molar-refractivity contribution >= 4 is 12.0 Å². The number of aliphatic hydroxyl groups excluding tert-OH is 1. The van der Waals surface area contributed by atoms with Crippen molar-refractivity contribution < 1.29 is 9.29 Å². The van der Waals surface area contributed by atoms with E-state index in [2.05, 4.69) is 0 Å². The molecule has 0 aromatic carbocycles. The van der Waals surface area contributed by atoms with Crippen LogP contribution in [0.3, 0.4) is 0 Å². The molecular formula is C3H6O2S. The highest BCUT2D eigenvalue weighted by atomic mass is 32.2. The molecule has 1 heterocycles. The maximum absolute atomic E-state index is 8.57. The summed E-state index contributed by atoms with van der Waals surface area (Å²) in [7, 11) is 0. The molecular weight excluding hydrogens is 100 g/mol. The Balaban J connectivity index is 2.18. The second-order valence-electron chi connectivity index (χ2n) is 1.16. The summed E-state index contributed by atoms with van der Waals surface area (Å²) < 4.78 is 4.72. The van der Waals surface area contributed by atoms with E-state index in [1.165, 1.54) is 0 Å². The maximum atomic E-state index is 8.57. The SMILES string of the molecule is OC1CCOS1. The van der Waals surface area contributed by atoms with E-state index in [-0.39, 0.29) is 5.44 Å². The van der Waals surface area contributed by atoms with Crippen LogP contribution in [-0.2, 0) is 4.18 Å². The lowest BCUT2D eigenvalue weighted by atomic mass is 10.5. The molecule has 0 saturated carbocycles. The largest absolute Gasteiger partial charge is 0.380 e. The third-order valence-electron chi connectivity index (χ3n) is 0.627. The third kappa shape index (κ3) is 0.864. The van der Waals surface area contributed by atoms with Crippen molar-refractivity contribution in [3.63, 3.8) is 0 Å². The first-order valence-electron chi connectivity index (χ1n) is 1.86. The standard InChI is InChI=1S/C3H6O2S/c4-3-1-2-5-6-3/h3-4H,1-2H2. The zero-order valence-corrected chi connectivity index (χ0v) is 4.07. The number of hydrogen-bond acceptors (Lipinski definition) is 3. The first-order valence-corrected chi connectivity index (χ1v) is 2.66. The average molecular weight is 106 g/mol. The van der Waals surface area contributed by atoms with Gasteiger partial charge in [0.2, 0.25) is 0 Å². The topological polar surface area (TPSA) is 29.5 Å². The summed E-state index contributed by atoms with van der Waals surface area (Å²) in [6.07, 6.45) is 0.782. The number of hydrogen-bond donors (Lipinski definition) is 1. The van der Waals surface area contributed by atoms with Crippen molar-refractivity contribution in [2.24, 2.45) is 0 Å². The van der Waals surface area contributed by atoms with Gasteiger partial charge in [0.05, 0.1) is 6.61 Å². The van der Waals surface area contributed by atoms with Crippen LogP contribution in [0.4, 0.5) is 0 Å². The molecule has 1 N–H and O–H groups in total. The summed E-state index contributed by atoms with van der Waals surface area (Å²) >= 11 is 1.15. The Morgan fingerprint density at radius 1 is 1.83 bits per heavy atom. The minimum Gasteiger partial charge on any atom is -0.380 e. The molecule has 36 valence electrons. The van der Waals surface area contributed by atoms with Crippen LogP contribution >= 0.6 is 12.0 Å². The highest BCUT2D eigenvalue weighted by Gasteiger charge is 2.11. The van der Waals surface area contributed by atoms with E-state index < -0.39 is 0 Å². The molecule has 1 atom stereocenters. The van der Waals surface area contributed by atoms with Crippen molar-refractivity contribution in [3.8, 4) is 0 Å². The maximum Gasteiger partial charge on any atom is 0.127 e. The van der Waals surface area contributed by atoms with Crippen LogP contribution in [-0.4, -0.2) is 17.1 Å². The lowest BCUT2D eigenvalue weighted by molar-refractivity contribution is 0.258. The molecule has 1 unspecified atom stereocenters. The molecule has 0 spiro atoms. The molecule has 0 radical (unpaired) electrons. The van der Waals surface area contributed by atoms with Crippen molar-refractivity contribution in [2.75, 3.05) is 6.61 Å². The first kappa shape index (κ1) is 4.43. The van der Waals surface area contributed by atoms with Crippen LogP contribution in [0.25, 0.3) is 0 Å². The monoisotopic (exact) mass is 106 g/mol. The van der Waals surface area contributed by atoms with Gasteiger partial charge in [-0.05, 0) is 0 Å². The fourth-order valence-corrected chi connectivity index (χ4v) is 0.866. The van der Waals surface area contributed by atoms with Gasteiger partial charge in [-0.25, -0.2) is 0 Å². The molecule has 3 heteroatoms. The summed E-state index contributed by atoms with van der Waals surface area (Å²) in [5.74, 6) is 0. The van der Waals surface area contributed by atoms with Crippen LogP contribution in [0.2, 0.25) is 0 Å². The van der Waals surface area contributed by atoms with Gasteiger partial charge in [0.25, 0.3) is 0 Å². The Morgan fingerprint density at radius 2 is 2.67 bits per heavy atom. The van der Waals surface area contributed by atoms with E-state index in [9.17, 15) is 0 Å². The number of aliphatic hydroxyl groups is 1. The quantitative estimate of drug-likeness (QED) is 0.452. The Bertz CT molecular complexity index is 42.1. The van der Waals surface area contributed by atoms with Crippen LogP contribution in [0, 0.1) is 0 Å². The van der Waals surface area contributed by atoms with Gasteiger partial charge in [-0.1, -0.05) is 0 Å². The molecule has 0 aliphatic carbocycles. The Hall–Kier alpha value is 0.270. The fraction of sp³-hybridized carbons (Fsp3) is 1.00. The van der Waals surface area contributed by atoms with Gasteiger partial charge in [0.1, 0.15) is 5.44 Å². The molecule has 1 aliphatic heterocycles. The summed E-state index contributed by atoms with van der Waals surface area (Å²) in [6, 6.07) is 0. The average Bonchev–Trinajstić information content (AvgIpc) is 1.86. The molecule has 1 fully saturated rings. The highest BCUT2D eigenvalue weighted by molar-refractivity contribution is 7.95. The minimum atomic E-state index is -0.259. The van der Waals surface area contributed by atoms with E-state index in [1.807, 2.05) is 0 Å². The summed E-state index contributed by atoms with van der Waals surface area (Å²) in [5, 5.41) is 8.57. The lowest BCUT2D eigenvalue weighted by Crippen LogP contribution is -1.90. The van der Waals surface area contributed by atoms with E-state index in [1.54, 1.807) is 0 Å². The Kier molecular flexibility index (Phi) is 1.34. The smallest absolute Gasteiger partial charge is 0.127 e. The van der Waals surface area contributed by atoms with Gasteiger partial charge >= 0.3 is 0 Å².